The van der Waals surface area contributed by atoms with Crippen molar-refractivity contribution in [3.8, 4) is 0 Å². The Morgan fingerprint density at radius 3 is 2.21 bits per heavy atom. The predicted octanol–water partition coefficient (Wildman–Crippen LogP) is 4.36. The molecule has 0 aliphatic carbocycles. The lowest BCUT2D eigenvalue weighted by atomic mass is 9.99. The summed E-state index contributed by atoms with van der Waals surface area (Å²) in [6.45, 7) is 15.0. The smallest absolute Gasteiger partial charge is 0.184 e. The summed E-state index contributed by atoms with van der Waals surface area (Å²) in [5.74, 6) is 0. The molecule has 0 aromatic carbocycles. The van der Waals surface area contributed by atoms with Crippen LogP contribution in [0.4, 0.5) is 0 Å². The SMILES string of the molecule is C=CC(C)(CCCCC)O[Si](C)(C)C. The minimum Gasteiger partial charge on any atom is -0.409 e. The lowest BCUT2D eigenvalue weighted by Crippen LogP contribution is -2.39. The Balaban J connectivity index is 4.11. The normalized spacial score (nSPS) is 16.4. The summed E-state index contributed by atoms with van der Waals surface area (Å²) < 4.78 is 6.14. The van der Waals surface area contributed by atoms with Gasteiger partial charge in [0.2, 0.25) is 0 Å². The molecule has 0 radical (unpaired) electrons. The lowest BCUT2D eigenvalue weighted by molar-refractivity contribution is 0.119. The van der Waals surface area contributed by atoms with Crippen LogP contribution in [0.3, 0.4) is 0 Å². The van der Waals surface area contributed by atoms with E-state index in [-0.39, 0.29) is 5.60 Å². The summed E-state index contributed by atoms with van der Waals surface area (Å²) in [5.41, 5.74) is -0.0976. The van der Waals surface area contributed by atoms with Crippen molar-refractivity contribution in [3.63, 3.8) is 0 Å². The van der Waals surface area contributed by atoms with E-state index in [0.717, 1.165) is 6.42 Å². The van der Waals surface area contributed by atoms with Crippen molar-refractivity contribution >= 4 is 8.32 Å². The number of hydrogen-bond acceptors (Lipinski definition) is 1. The van der Waals surface area contributed by atoms with Crippen molar-refractivity contribution in [1.29, 1.82) is 0 Å². The van der Waals surface area contributed by atoms with E-state index in [1.165, 1.54) is 19.3 Å². The van der Waals surface area contributed by atoms with Crippen LogP contribution >= 0.6 is 0 Å². The molecule has 14 heavy (non-hydrogen) atoms. The second-order valence-electron chi connectivity index (χ2n) is 5.19. The fourth-order valence-electron chi connectivity index (χ4n) is 1.62. The first-order valence-corrected chi connectivity index (χ1v) is 9.07. The molecule has 0 spiro atoms. The van der Waals surface area contributed by atoms with E-state index in [0.29, 0.717) is 0 Å². The number of unbranched alkanes of at least 4 members (excludes halogenated alkanes) is 2. The fraction of sp³-hybridized carbons (Fsp3) is 0.833. The van der Waals surface area contributed by atoms with Crippen LogP contribution in [0.25, 0.3) is 0 Å². The van der Waals surface area contributed by atoms with Crippen molar-refractivity contribution in [2.24, 2.45) is 0 Å². The molecule has 0 saturated carbocycles. The zero-order valence-corrected chi connectivity index (χ0v) is 11.5. The van der Waals surface area contributed by atoms with Crippen molar-refractivity contribution in [2.75, 3.05) is 0 Å². The monoisotopic (exact) mass is 214 g/mol. The molecule has 0 aliphatic rings. The topological polar surface area (TPSA) is 9.23 Å². The predicted molar refractivity (Wildman–Crippen MR) is 67.2 cm³/mol. The molecule has 2 heteroatoms. The Hall–Kier alpha value is -0.0831. The third-order valence-electron chi connectivity index (χ3n) is 2.25. The highest BCUT2D eigenvalue weighted by Gasteiger charge is 2.28. The number of hydrogen-bond donors (Lipinski definition) is 0. The van der Waals surface area contributed by atoms with Crippen LogP contribution in [-0.2, 0) is 4.43 Å². The molecular weight excluding hydrogens is 188 g/mol. The first-order chi connectivity index (χ1) is 6.33. The average molecular weight is 214 g/mol. The molecule has 1 atom stereocenters. The summed E-state index contributed by atoms with van der Waals surface area (Å²) in [7, 11) is -1.45. The Morgan fingerprint density at radius 1 is 1.29 bits per heavy atom. The van der Waals surface area contributed by atoms with Gasteiger partial charge in [0, 0.05) is 0 Å². The molecule has 0 saturated heterocycles. The van der Waals surface area contributed by atoms with Gasteiger partial charge in [-0.1, -0.05) is 32.3 Å². The zero-order chi connectivity index (χ0) is 11.2. The summed E-state index contributed by atoms with van der Waals surface area (Å²) in [6, 6.07) is 0. The Bertz CT molecular complexity index is 172. The fourth-order valence-corrected chi connectivity index (χ4v) is 3.20. The van der Waals surface area contributed by atoms with Crippen LogP contribution < -0.4 is 0 Å². The van der Waals surface area contributed by atoms with Gasteiger partial charge in [0.05, 0.1) is 5.60 Å². The highest BCUT2D eigenvalue weighted by Crippen LogP contribution is 2.25. The van der Waals surface area contributed by atoms with Crippen LogP contribution in [0, 0.1) is 0 Å². The summed E-state index contributed by atoms with van der Waals surface area (Å²) in [6.07, 6.45) is 6.87. The maximum absolute atomic E-state index is 6.14. The largest absolute Gasteiger partial charge is 0.409 e. The van der Waals surface area contributed by atoms with Crippen molar-refractivity contribution < 1.29 is 4.43 Å². The van der Waals surface area contributed by atoms with Gasteiger partial charge in [0.1, 0.15) is 0 Å². The molecule has 0 aromatic rings. The molecule has 1 unspecified atom stereocenters. The standard InChI is InChI=1S/C12H26OSi/c1-7-9-10-11-12(3,8-2)13-14(4,5)6/h8H,2,7,9-11H2,1,3-6H3. The van der Waals surface area contributed by atoms with Crippen molar-refractivity contribution in [3.05, 3.63) is 12.7 Å². The van der Waals surface area contributed by atoms with Crippen LogP contribution in [0.15, 0.2) is 12.7 Å². The minimum absolute atomic E-state index is 0.0976. The molecule has 0 amide bonds. The van der Waals surface area contributed by atoms with E-state index in [1.54, 1.807) is 0 Å². The maximum Gasteiger partial charge on any atom is 0.184 e. The summed E-state index contributed by atoms with van der Waals surface area (Å²) in [5, 5.41) is 0. The van der Waals surface area contributed by atoms with Gasteiger partial charge in [0.15, 0.2) is 8.32 Å². The van der Waals surface area contributed by atoms with Crippen LogP contribution in [0.2, 0.25) is 19.6 Å². The average Bonchev–Trinajstić information content (AvgIpc) is 2.02. The molecule has 0 rings (SSSR count). The van der Waals surface area contributed by atoms with Gasteiger partial charge in [0.25, 0.3) is 0 Å². The quantitative estimate of drug-likeness (QED) is 0.347. The summed E-state index contributed by atoms with van der Waals surface area (Å²) in [4.78, 5) is 0. The van der Waals surface area contributed by atoms with Crippen LogP contribution in [0.5, 0.6) is 0 Å². The molecule has 84 valence electrons. The molecule has 0 aliphatic heterocycles. The lowest BCUT2D eigenvalue weighted by Gasteiger charge is -2.33. The minimum atomic E-state index is -1.45. The molecule has 0 fully saturated rings. The van der Waals surface area contributed by atoms with E-state index in [1.807, 2.05) is 6.08 Å². The molecular formula is C12H26OSi. The first kappa shape index (κ1) is 13.9. The van der Waals surface area contributed by atoms with E-state index < -0.39 is 8.32 Å². The summed E-state index contributed by atoms with van der Waals surface area (Å²) >= 11 is 0. The molecule has 0 N–H and O–H groups in total. The highest BCUT2D eigenvalue weighted by molar-refractivity contribution is 6.69. The maximum atomic E-state index is 6.14. The number of rotatable bonds is 7. The van der Waals surface area contributed by atoms with Gasteiger partial charge in [-0.25, -0.2) is 0 Å². The third kappa shape index (κ3) is 6.38. The molecule has 0 aromatic heterocycles. The molecule has 1 nitrogen and oxygen atoms in total. The van der Waals surface area contributed by atoms with Crippen LogP contribution in [0.1, 0.15) is 39.5 Å². The third-order valence-corrected chi connectivity index (χ3v) is 3.33. The Labute approximate surface area is 90.7 Å². The van der Waals surface area contributed by atoms with E-state index in [2.05, 4.69) is 40.1 Å². The Morgan fingerprint density at radius 2 is 1.86 bits per heavy atom. The van der Waals surface area contributed by atoms with Gasteiger partial charge in [-0.2, -0.15) is 0 Å². The first-order valence-electron chi connectivity index (χ1n) is 5.67. The second kappa shape index (κ2) is 5.71. The van der Waals surface area contributed by atoms with Crippen molar-refractivity contribution in [1.82, 2.24) is 0 Å². The van der Waals surface area contributed by atoms with E-state index >= 15 is 0 Å². The van der Waals surface area contributed by atoms with Gasteiger partial charge in [-0.15, -0.1) is 6.58 Å². The molecule has 0 heterocycles. The van der Waals surface area contributed by atoms with Crippen LogP contribution in [-0.4, -0.2) is 13.9 Å². The van der Waals surface area contributed by atoms with Gasteiger partial charge >= 0.3 is 0 Å². The van der Waals surface area contributed by atoms with Gasteiger partial charge < -0.3 is 4.43 Å². The molecule has 0 bridgehead atoms. The van der Waals surface area contributed by atoms with Gasteiger partial charge in [-0.05, 0) is 33.0 Å². The Kier molecular flexibility index (Phi) is 5.68. The van der Waals surface area contributed by atoms with E-state index in [4.69, 9.17) is 4.43 Å². The highest BCUT2D eigenvalue weighted by atomic mass is 28.4. The van der Waals surface area contributed by atoms with Gasteiger partial charge in [-0.3, -0.25) is 0 Å². The second-order valence-corrected chi connectivity index (χ2v) is 9.62. The van der Waals surface area contributed by atoms with Crippen molar-refractivity contribution in [2.45, 2.75) is 64.8 Å². The van der Waals surface area contributed by atoms with E-state index in [9.17, 15) is 0 Å². The zero-order valence-electron chi connectivity index (χ0n) is 10.5.